The fourth-order valence-corrected chi connectivity index (χ4v) is 6.00. The molecule has 4 nitrogen and oxygen atoms in total. The van der Waals surface area contributed by atoms with Crippen LogP contribution >= 0.6 is 34.0 Å². The van der Waals surface area contributed by atoms with Crippen molar-refractivity contribution in [2.45, 2.75) is 40.4 Å². The molecule has 0 radical (unpaired) electrons. The van der Waals surface area contributed by atoms with Crippen LogP contribution in [0.3, 0.4) is 0 Å². The van der Waals surface area contributed by atoms with Crippen molar-refractivity contribution in [1.29, 1.82) is 0 Å². The molecule has 170 valence electrons. The van der Waals surface area contributed by atoms with Crippen molar-refractivity contribution in [2.75, 3.05) is 39.3 Å². The number of rotatable bonds is 15. The minimum Gasteiger partial charge on any atom is -0.311 e. The van der Waals surface area contributed by atoms with Crippen LogP contribution in [0.4, 0.5) is 0 Å². The monoisotopic (exact) mass is 476 g/mol. The number of hydrogen-bond acceptors (Lipinski definition) is 7. The highest BCUT2D eigenvalue weighted by atomic mass is 32.1. The molecule has 3 rings (SSSR count). The van der Waals surface area contributed by atoms with Gasteiger partial charge < -0.3 is 16.0 Å². The lowest BCUT2D eigenvalue weighted by Gasteiger charge is -2.23. The Kier molecular flexibility index (Phi) is 10.7. The molecule has 7 heteroatoms. The van der Waals surface area contributed by atoms with E-state index in [1.54, 1.807) is 0 Å². The molecular formula is C24H36N4S3. The van der Waals surface area contributed by atoms with Gasteiger partial charge in [-0.25, -0.2) is 0 Å². The van der Waals surface area contributed by atoms with Gasteiger partial charge in [-0.15, -0.1) is 34.0 Å². The van der Waals surface area contributed by atoms with Crippen molar-refractivity contribution in [3.63, 3.8) is 0 Å². The number of aryl methyl sites for hydroxylation is 3. The molecule has 0 saturated heterocycles. The van der Waals surface area contributed by atoms with Crippen LogP contribution in [0, 0.1) is 20.8 Å². The van der Waals surface area contributed by atoms with Crippen molar-refractivity contribution in [1.82, 2.24) is 20.9 Å². The van der Waals surface area contributed by atoms with Crippen LogP contribution in [-0.2, 0) is 19.6 Å². The average Bonchev–Trinajstić information content (AvgIpc) is 3.47. The normalized spacial score (nSPS) is 11.6. The lowest BCUT2D eigenvalue weighted by Crippen LogP contribution is -2.40. The topological polar surface area (TPSA) is 39.3 Å². The van der Waals surface area contributed by atoms with Crippen molar-refractivity contribution in [3.8, 4) is 0 Å². The molecule has 0 aliphatic rings. The number of nitrogens with zero attached hydrogens (tertiary/aromatic N) is 1. The highest BCUT2D eigenvalue weighted by Gasteiger charge is 2.06. The summed E-state index contributed by atoms with van der Waals surface area (Å²) in [6.45, 7) is 15.7. The molecule has 0 amide bonds. The Labute approximate surface area is 199 Å². The van der Waals surface area contributed by atoms with Gasteiger partial charge in [-0.2, -0.15) is 0 Å². The zero-order valence-corrected chi connectivity index (χ0v) is 21.4. The van der Waals surface area contributed by atoms with Crippen molar-refractivity contribution in [2.24, 2.45) is 0 Å². The first-order chi connectivity index (χ1) is 15.1. The van der Waals surface area contributed by atoms with E-state index in [1.165, 1.54) is 29.3 Å². The van der Waals surface area contributed by atoms with Crippen molar-refractivity contribution >= 4 is 34.0 Å². The van der Waals surface area contributed by atoms with Gasteiger partial charge in [0.15, 0.2) is 0 Å². The first-order valence-electron chi connectivity index (χ1n) is 11.1. The SMILES string of the molecule is Cc1ccc(CNCCN(CCNCc2ccc(C)s2)CCNCc2ccc(C)s2)s1. The molecule has 0 aliphatic carbocycles. The summed E-state index contributed by atoms with van der Waals surface area (Å²) >= 11 is 5.66. The molecule has 0 atom stereocenters. The fourth-order valence-electron chi connectivity index (χ4n) is 3.42. The molecule has 31 heavy (non-hydrogen) atoms. The maximum absolute atomic E-state index is 3.61. The molecule has 0 fully saturated rings. The molecule has 0 spiro atoms. The second-order valence-electron chi connectivity index (χ2n) is 7.91. The van der Waals surface area contributed by atoms with Gasteiger partial charge >= 0.3 is 0 Å². The summed E-state index contributed by atoms with van der Waals surface area (Å²) in [5.74, 6) is 0. The van der Waals surface area contributed by atoms with Crippen LogP contribution in [0.25, 0.3) is 0 Å². The molecule has 3 aromatic heterocycles. The van der Waals surface area contributed by atoms with Gasteiger partial charge in [0.2, 0.25) is 0 Å². The largest absolute Gasteiger partial charge is 0.311 e. The summed E-state index contributed by atoms with van der Waals surface area (Å²) < 4.78 is 0. The number of thiophene rings is 3. The van der Waals surface area contributed by atoms with Gasteiger partial charge in [0.05, 0.1) is 0 Å². The number of hydrogen-bond donors (Lipinski definition) is 3. The molecular weight excluding hydrogens is 440 g/mol. The second-order valence-corrected chi connectivity index (χ2v) is 12.0. The first kappa shape index (κ1) is 24.6. The lowest BCUT2D eigenvalue weighted by atomic mass is 10.4. The van der Waals surface area contributed by atoms with Crippen molar-refractivity contribution in [3.05, 3.63) is 65.7 Å². The van der Waals surface area contributed by atoms with Crippen LogP contribution in [0.5, 0.6) is 0 Å². The summed E-state index contributed by atoms with van der Waals surface area (Å²) in [5, 5.41) is 10.8. The van der Waals surface area contributed by atoms with Gasteiger partial charge in [0.1, 0.15) is 0 Å². The second kappa shape index (κ2) is 13.5. The van der Waals surface area contributed by atoms with E-state index in [4.69, 9.17) is 0 Å². The molecule has 3 heterocycles. The molecule has 0 aliphatic heterocycles. The van der Waals surface area contributed by atoms with E-state index in [0.717, 1.165) is 58.9 Å². The van der Waals surface area contributed by atoms with E-state index in [2.05, 4.69) is 78.0 Å². The van der Waals surface area contributed by atoms with E-state index in [9.17, 15) is 0 Å². The zero-order valence-electron chi connectivity index (χ0n) is 19.0. The smallest absolute Gasteiger partial charge is 0.0300 e. The zero-order chi connectivity index (χ0) is 21.9. The summed E-state index contributed by atoms with van der Waals surface area (Å²) in [6, 6.07) is 13.3. The van der Waals surface area contributed by atoms with Crippen LogP contribution < -0.4 is 16.0 Å². The Hall–Kier alpha value is -1.06. The quantitative estimate of drug-likeness (QED) is 0.276. The summed E-state index contributed by atoms with van der Waals surface area (Å²) in [6.07, 6.45) is 0. The third-order valence-electron chi connectivity index (χ3n) is 5.10. The molecule has 3 aromatic rings. The van der Waals surface area contributed by atoms with Gasteiger partial charge in [0.25, 0.3) is 0 Å². The first-order valence-corrected chi connectivity index (χ1v) is 13.5. The van der Waals surface area contributed by atoms with E-state index in [0.29, 0.717) is 0 Å². The highest BCUT2D eigenvalue weighted by molar-refractivity contribution is 7.12. The predicted octanol–water partition coefficient (Wildman–Crippen LogP) is 4.77. The van der Waals surface area contributed by atoms with Crippen LogP contribution in [0.2, 0.25) is 0 Å². The minimum absolute atomic E-state index is 0.971. The van der Waals surface area contributed by atoms with Crippen LogP contribution in [0.15, 0.2) is 36.4 Å². The highest BCUT2D eigenvalue weighted by Crippen LogP contribution is 2.15. The molecule has 3 N–H and O–H groups in total. The van der Waals surface area contributed by atoms with Gasteiger partial charge in [0, 0.05) is 88.2 Å². The fraction of sp³-hybridized carbons (Fsp3) is 0.500. The standard InChI is InChI=1S/C24H36N4S3/c1-19-4-7-22(29-19)16-25-10-13-28(14-11-26-17-23-8-5-20(2)30-23)15-12-27-18-24-9-6-21(3)31-24/h4-9,25-27H,10-18H2,1-3H3. The third kappa shape index (κ3) is 9.53. The Morgan fingerprint density at radius 2 is 0.871 bits per heavy atom. The molecule has 0 aromatic carbocycles. The summed E-state index contributed by atoms with van der Waals surface area (Å²) in [5.41, 5.74) is 0. The maximum Gasteiger partial charge on any atom is 0.0300 e. The van der Waals surface area contributed by atoms with E-state index < -0.39 is 0 Å². The van der Waals surface area contributed by atoms with Gasteiger partial charge in [-0.05, 0) is 57.2 Å². The van der Waals surface area contributed by atoms with Crippen molar-refractivity contribution < 1.29 is 0 Å². The van der Waals surface area contributed by atoms with E-state index in [-0.39, 0.29) is 0 Å². The maximum atomic E-state index is 3.61. The van der Waals surface area contributed by atoms with Crippen LogP contribution in [0.1, 0.15) is 29.3 Å². The number of nitrogens with one attached hydrogen (secondary N) is 3. The Morgan fingerprint density at radius 3 is 1.13 bits per heavy atom. The van der Waals surface area contributed by atoms with E-state index >= 15 is 0 Å². The predicted molar refractivity (Wildman–Crippen MR) is 139 cm³/mol. The Morgan fingerprint density at radius 1 is 0.548 bits per heavy atom. The average molecular weight is 477 g/mol. The van der Waals surface area contributed by atoms with Gasteiger partial charge in [-0.1, -0.05) is 0 Å². The van der Waals surface area contributed by atoms with Gasteiger partial charge in [-0.3, -0.25) is 4.90 Å². The Balaban J connectivity index is 1.36. The summed E-state index contributed by atoms with van der Waals surface area (Å²) in [7, 11) is 0. The summed E-state index contributed by atoms with van der Waals surface area (Å²) in [4.78, 5) is 11.0. The molecule has 0 unspecified atom stereocenters. The van der Waals surface area contributed by atoms with Crippen LogP contribution in [-0.4, -0.2) is 44.2 Å². The Bertz CT molecular complexity index is 768. The third-order valence-corrected chi connectivity index (χ3v) is 8.10. The van der Waals surface area contributed by atoms with E-state index in [1.807, 2.05) is 34.0 Å². The molecule has 0 bridgehead atoms. The molecule has 0 saturated carbocycles. The minimum atomic E-state index is 0.971. The lowest BCUT2D eigenvalue weighted by molar-refractivity contribution is 0.271.